The van der Waals surface area contributed by atoms with E-state index in [-0.39, 0.29) is 0 Å². The fraction of sp³-hybridized carbons (Fsp3) is 0.917. The third-order valence-corrected chi connectivity index (χ3v) is 3.08. The van der Waals surface area contributed by atoms with Crippen LogP contribution >= 0.6 is 0 Å². The van der Waals surface area contributed by atoms with Crippen LogP contribution in [0.15, 0.2) is 4.99 Å². The van der Waals surface area contributed by atoms with E-state index in [0.29, 0.717) is 5.92 Å². The van der Waals surface area contributed by atoms with Gasteiger partial charge in [0.2, 0.25) is 0 Å². The lowest BCUT2D eigenvalue weighted by molar-refractivity contribution is 0.665. The van der Waals surface area contributed by atoms with Crippen LogP contribution < -0.4 is 5.73 Å². The molecule has 0 aromatic carbocycles. The van der Waals surface area contributed by atoms with Gasteiger partial charge in [-0.1, -0.05) is 39.0 Å². The summed E-state index contributed by atoms with van der Waals surface area (Å²) in [7, 11) is 0. The van der Waals surface area contributed by atoms with Crippen molar-refractivity contribution in [3.05, 3.63) is 0 Å². The van der Waals surface area contributed by atoms with Crippen molar-refractivity contribution in [2.45, 2.75) is 58.3 Å². The molecular weight excluding hydrogens is 172 g/mol. The number of nitrogens with two attached hydrogens (primary N) is 1. The Kier molecular flexibility index (Phi) is 5.65. The largest absolute Gasteiger partial charge is 0.387 e. The maximum Gasteiger partial charge on any atom is 0.0968 e. The maximum atomic E-state index is 5.94. The highest BCUT2D eigenvalue weighted by Gasteiger charge is 2.17. The molecule has 1 aliphatic rings. The van der Waals surface area contributed by atoms with Gasteiger partial charge in [-0.05, 0) is 19.3 Å². The van der Waals surface area contributed by atoms with Crippen LogP contribution in [0.2, 0.25) is 0 Å². The van der Waals surface area contributed by atoms with Crippen molar-refractivity contribution in [1.82, 2.24) is 0 Å². The average molecular weight is 196 g/mol. The third-order valence-electron chi connectivity index (χ3n) is 3.08. The SMILES string of the molecule is CCCCCCN=C(N)C1CCCC1. The second-order valence-corrected chi connectivity index (χ2v) is 4.35. The van der Waals surface area contributed by atoms with Crippen LogP contribution in [0, 0.1) is 5.92 Å². The minimum atomic E-state index is 0.612. The van der Waals surface area contributed by atoms with Crippen molar-refractivity contribution in [3.8, 4) is 0 Å². The van der Waals surface area contributed by atoms with Crippen LogP contribution in [0.3, 0.4) is 0 Å². The fourth-order valence-electron chi connectivity index (χ4n) is 2.10. The summed E-state index contributed by atoms with van der Waals surface area (Å²) in [6.07, 6.45) is 10.4. The number of rotatable bonds is 6. The van der Waals surface area contributed by atoms with Gasteiger partial charge < -0.3 is 5.73 Å². The minimum Gasteiger partial charge on any atom is -0.387 e. The Hall–Kier alpha value is -0.530. The van der Waals surface area contributed by atoms with Gasteiger partial charge in [-0.15, -0.1) is 0 Å². The average Bonchev–Trinajstić information content (AvgIpc) is 2.70. The maximum absolute atomic E-state index is 5.94. The van der Waals surface area contributed by atoms with Crippen LogP contribution in [0.5, 0.6) is 0 Å². The molecule has 1 aliphatic carbocycles. The van der Waals surface area contributed by atoms with Crippen LogP contribution in [0.1, 0.15) is 58.3 Å². The molecule has 0 aromatic rings. The topological polar surface area (TPSA) is 38.4 Å². The first-order valence-corrected chi connectivity index (χ1v) is 6.14. The first-order chi connectivity index (χ1) is 6.84. The smallest absolute Gasteiger partial charge is 0.0968 e. The van der Waals surface area contributed by atoms with E-state index in [0.717, 1.165) is 12.4 Å². The van der Waals surface area contributed by atoms with Crippen LogP contribution in [-0.4, -0.2) is 12.4 Å². The molecule has 0 spiro atoms. The molecule has 0 radical (unpaired) electrons. The minimum absolute atomic E-state index is 0.612. The van der Waals surface area contributed by atoms with Crippen molar-refractivity contribution in [2.75, 3.05) is 6.54 Å². The second kappa shape index (κ2) is 6.86. The van der Waals surface area contributed by atoms with Gasteiger partial charge >= 0.3 is 0 Å². The molecule has 0 atom stereocenters. The molecule has 0 bridgehead atoms. The van der Waals surface area contributed by atoms with E-state index in [1.54, 1.807) is 0 Å². The molecular formula is C12H24N2. The van der Waals surface area contributed by atoms with Crippen LogP contribution in [0.25, 0.3) is 0 Å². The van der Waals surface area contributed by atoms with E-state index < -0.39 is 0 Å². The number of nitrogens with zero attached hydrogens (tertiary/aromatic N) is 1. The normalized spacial score (nSPS) is 19.1. The summed E-state index contributed by atoms with van der Waals surface area (Å²) < 4.78 is 0. The van der Waals surface area contributed by atoms with Gasteiger partial charge in [0.1, 0.15) is 0 Å². The summed E-state index contributed by atoms with van der Waals surface area (Å²) in [5, 5.41) is 0. The van der Waals surface area contributed by atoms with Gasteiger partial charge in [-0.2, -0.15) is 0 Å². The first kappa shape index (κ1) is 11.5. The van der Waals surface area contributed by atoms with Crippen molar-refractivity contribution in [1.29, 1.82) is 0 Å². The van der Waals surface area contributed by atoms with E-state index in [4.69, 9.17) is 5.73 Å². The van der Waals surface area contributed by atoms with E-state index in [1.165, 1.54) is 51.4 Å². The van der Waals surface area contributed by atoms with Crippen molar-refractivity contribution < 1.29 is 0 Å². The van der Waals surface area contributed by atoms with Crippen molar-refractivity contribution in [2.24, 2.45) is 16.6 Å². The zero-order chi connectivity index (χ0) is 10.2. The summed E-state index contributed by atoms with van der Waals surface area (Å²) in [6.45, 7) is 3.18. The summed E-state index contributed by atoms with van der Waals surface area (Å²) in [5.74, 6) is 1.54. The Morgan fingerprint density at radius 2 is 1.93 bits per heavy atom. The molecule has 2 N–H and O–H groups in total. The van der Waals surface area contributed by atoms with E-state index >= 15 is 0 Å². The lowest BCUT2D eigenvalue weighted by Crippen LogP contribution is -2.21. The van der Waals surface area contributed by atoms with Gasteiger partial charge in [0.15, 0.2) is 0 Å². The monoisotopic (exact) mass is 196 g/mol. The lowest BCUT2D eigenvalue weighted by atomic mass is 10.1. The molecule has 1 fully saturated rings. The Bertz CT molecular complexity index is 169. The number of hydrogen-bond donors (Lipinski definition) is 1. The van der Waals surface area contributed by atoms with Crippen molar-refractivity contribution in [3.63, 3.8) is 0 Å². The molecule has 1 rings (SSSR count). The fourth-order valence-corrected chi connectivity index (χ4v) is 2.10. The number of unbranched alkanes of at least 4 members (excludes halogenated alkanes) is 3. The zero-order valence-corrected chi connectivity index (χ0v) is 9.47. The van der Waals surface area contributed by atoms with E-state index in [2.05, 4.69) is 11.9 Å². The lowest BCUT2D eigenvalue weighted by Gasteiger charge is -2.07. The molecule has 0 heterocycles. The third kappa shape index (κ3) is 4.12. The summed E-state index contributed by atoms with van der Waals surface area (Å²) >= 11 is 0. The van der Waals surface area contributed by atoms with E-state index in [9.17, 15) is 0 Å². The Morgan fingerprint density at radius 3 is 2.57 bits per heavy atom. The molecule has 0 aliphatic heterocycles. The molecule has 14 heavy (non-hydrogen) atoms. The Morgan fingerprint density at radius 1 is 1.21 bits per heavy atom. The Balaban J connectivity index is 2.09. The molecule has 2 heteroatoms. The van der Waals surface area contributed by atoms with Gasteiger partial charge in [0.25, 0.3) is 0 Å². The quantitative estimate of drug-likeness (QED) is 0.395. The molecule has 0 amide bonds. The summed E-state index contributed by atoms with van der Waals surface area (Å²) in [4.78, 5) is 4.47. The molecule has 0 aromatic heterocycles. The predicted molar refractivity (Wildman–Crippen MR) is 62.6 cm³/mol. The highest BCUT2D eigenvalue weighted by molar-refractivity contribution is 5.83. The number of amidine groups is 1. The first-order valence-electron chi connectivity index (χ1n) is 6.14. The molecule has 0 unspecified atom stereocenters. The Labute approximate surface area is 88.0 Å². The van der Waals surface area contributed by atoms with Crippen LogP contribution in [-0.2, 0) is 0 Å². The van der Waals surface area contributed by atoms with Gasteiger partial charge in [-0.3, -0.25) is 4.99 Å². The van der Waals surface area contributed by atoms with Gasteiger partial charge in [-0.25, -0.2) is 0 Å². The highest BCUT2D eigenvalue weighted by Crippen LogP contribution is 2.24. The zero-order valence-electron chi connectivity index (χ0n) is 9.47. The summed E-state index contributed by atoms with van der Waals surface area (Å²) in [6, 6.07) is 0. The molecule has 2 nitrogen and oxygen atoms in total. The van der Waals surface area contributed by atoms with Gasteiger partial charge in [0.05, 0.1) is 5.84 Å². The van der Waals surface area contributed by atoms with Crippen LogP contribution in [0.4, 0.5) is 0 Å². The molecule has 1 saturated carbocycles. The number of aliphatic imine (C=N–C) groups is 1. The predicted octanol–water partition coefficient (Wildman–Crippen LogP) is 3.11. The van der Waals surface area contributed by atoms with Crippen molar-refractivity contribution >= 4 is 5.84 Å². The standard InChI is InChI=1S/C12H24N2/c1-2-3-4-7-10-14-12(13)11-8-5-6-9-11/h11H,2-10H2,1H3,(H2,13,14). The number of hydrogen-bond acceptors (Lipinski definition) is 1. The molecule has 0 saturated heterocycles. The van der Waals surface area contributed by atoms with Gasteiger partial charge in [0, 0.05) is 12.5 Å². The molecule has 82 valence electrons. The summed E-state index contributed by atoms with van der Waals surface area (Å²) in [5.41, 5.74) is 5.94. The second-order valence-electron chi connectivity index (χ2n) is 4.35. The highest BCUT2D eigenvalue weighted by atomic mass is 14.9. The van der Waals surface area contributed by atoms with E-state index in [1.807, 2.05) is 0 Å².